The molecule has 0 radical (unpaired) electrons. The van der Waals surface area contributed by atoms with Crippen LogP contribution in [0.1, 0.15) is 30.4 Å². The van der Waals surface area contributed by atoms with Gasteiger partial charge in [-0.3, -0.25) is 10.1 Å². The van der Waals surface area contributed by atoms with E-state index in [9.17, 15) is 4.79 Å². The number of nitrogens with zero attached hydrogens (tertiary/aromatic N) is 3. The van der Waals surface area contributed by atoms with Gasteiger partial charge in [-0.2, -0.15) is 0 Å². The number of nitrogens with one attached hydrogen (secondary N) is 1. The van der Waals surface area contributed by atoms with Gasteiger partial charge in [-0.15, -0.1) is 0 Å². The molecule has 2 rings (SSSR count). The third kappa shape index (κ3) is 3.33. The Balaban J connectivity index is 2.25. The van der Waals surface area contributed by atoms with Gasteiger partial charge in [0, 0.05) is 22.9 Å². The molecule has 0 aliphatic rings. The Morgan fingerprint density at radius 3 is 2.89 bits per heavy atom. The van der Waals surface area contributed by atoms with Crippen molar-refractivity contribution in [1.82, 2.24) is 14.5 Å². The average Bonchev–Trinajstić information content (AvgIpc) is 2.71. The fourth-order valence-electron chi connectivity index (χ4n) is 1.62. The first-order valence-corrected chi connectivity index (χ1v) is 6.81. The lowest BCUT2D eigenvalue weighted by molar-refractivity contribution is 0.101. The van der Waals surface area contributed by atoms with Gasteiger partial charge in [0.2, 0.25) is 5.95 Å². The molecule has 2 heterocycles. The second kappa shape index (κ2) is 5.71. The van der Waals surface area contributed by atoms with Crippen LogP contribution in [0.5, 0.6) is 0 Å². The predicted molar refractivity (Wildman–Crippen MR) is 77.5 cm³/mol. The summed E-state index contributed by atoms with van der Waals surface area (Å²) in [6.45, 7) is 4.00. The number of halogens is 2. The van der Waals surface area contributed by atoms with E-state index in [0.29, 0.717) is 5.69 Å². The maximum atomic E-state index is 12.2. The smallest absolute Gasteiger partial charge is 0.274 e. The maximum absolute atomic E-state index is 12.2. The van der Waals surface area contributed by atoms with Gasteiger partial charge in [0.15, 0.2) is 0 Å². The van der Waals surface area contributed by atoms with Crippen LogP contribution in [0.3, 0.4) is 0 Å². The Labute approximate surface area is 124 Å². The summed E-state index contributed by atoms with van der Waals surface area (Å²) in [5.74, 6) is -0.0909. The molecule has 0 aromatic carbocycles. The molecular formula is C12H12BrClN4O. The third-order valence-corrected chi connectivity index (χ3v) is 3.10. The van der Waals surface area contributed by atoms with E-state index < -0.39 is 0 Å². The zero-order chi connectivity index (χ0) is 14.0. The average molecular weight is 344 g/mol. The van der Waals surface area contributed by atoms with Crippen molar-refractivity contribution in [2.24, 2.45) is 0 Å². The Hall–Kier alpha value is -1.40. The fourth-order valence-corrected chi connectivity index (χ4v) is 2.19. The van der Waals surface area contributed by atoms with E-state index in [-0.39, 0.29) is 23.1 Å². The highest BCUT2D eigenvalue weighted by molar-refractivity contribution is 9.10. The van der Waals surface area contributed by atoms with Gasteiger partial charge in [-0.05, 0) is 41.9 Å². The molecule has 0 fully saturated rings. The van der Waals surface area contributed by atoms with E-state index in [1.807, 2.05) is 24.6 Å². The molecule has 0 spiro atoms. The molecule has 2 aromatic rings. The fraction of sp³-hybridized carbons (Fsp3) is 0.250. The van der Waals surface area contributed by atoms with Gasteiger partial charge in [-0.25, -0.2) is 9.97 Å². The van der Waals surface area contributed by atoms with Gasteiger partial charge in [0.25, 0.3) is 5.91 Å². The minimum atomic E-state index is -0.276. The number of aromatic nitrogens is 3. The van der Waals surface area contributed by atoms with Crippen molar-refractivity contribution in [2.45, 2.75) is 19.9 Å². The Morgan fingerprint density at radius 2 is 2.26 bits per heavy atom. The number of hydrogen-bond donors (Lipinski definition) is 1. The van der Waals surface area contributed by atoms with Gasteiger partial charge in [0.05, 0.1) is 0 Å². The maximum Gasteiger partial charge on any atom is 0.274 e. The molecule has 0 saturated heterocycles. The second-order valence-corrected chi connectivity index (χ2v) is 5.50. The van der Waals surface area contributed by atoms with Gasteiger partial charge in [-0.1, -0.05) is 11.6 Å². The molecule has 0 atom stereocenters. The normalized spacial score (nSPS) is 10.8. The molecular weight excluding hydrogens is 332 g/mol. The standard InChI is InChI=1S/C12H12BrClN4O/c1-7(2)18-6-8(13)5-9(18)11(19)17-12-15-4-3-10(14)16-12/h3-7H,1-2H3,(H,15,16,17,19). The van der Waals surface area contributed by atoms with Crippen molar-refractivity contribution in [3.05, 3.63) is 39.8 Å². The van der Waals surface area contributed by atoms with Gasteiger partial charge >= 0.3 is 0 Å². The Kier molecular flexibility index (Phi) is 4.21. The highest BCUT2D eigenvalue weighted by Gasteiger charge is 2.16. The first-order valence-electron chi connectivity index (χ1n) is 5.64. The SMILES string of the molecule is CC(C)n1cc(Br)cc1C(=O)Nc1nccc(Cl)n1. The summed E-state index contributed by atoms with van der Waals surface area (Å²) < 4.78 is 2.71. The summed E-state index contributed by atoms with van der Waals surface area (Å²) in [6.07, 6.45) is 3.35. The first-order chi connectivity index (χ1) is 8.97. The molecule has 0 aliphatic carbocycles. The van der Waals surface area contributed by atoms with Crippen molar-refractivity contribution >= 4 is 39.4 Å². The molecule has 19 heavy (non-hydrogen) atoms. The highest BCUT2D eigenvalue weighted by Crippen LogP contribution is 2.20. The van der Waals surface area contributed by atoms with Crippen LogP contribution in [0.2, 0.25) is 5.15 Å². The number of carbonyl (C=O) groups is 1. The molecule has 5 nitrogen and oxygen atoms in total. The predicted octanol–water partition coefficient (Wildman–Crippen LogP) is 3.53. The lowest BCUT2D eigenvalue weighted by Gasteiger charge is -2.12. The first kappa shape index (κ1) is 14.0. The van der Waals surface area contributed by atoms with Crippen LogP contribution in [0.4, 0.5) is 5.95 Å². The minimum Gasteiger partial charge on any atom is -0.340 e. The molecule has 0 bridgehead atoms. The van der Waals surface area contributed by atoms with Crippen LogP contribution in [-0.4, -0.2) is 20.4 Å². The van der Waals surface area contributed by atoms with Crippen molar-refractivity contribution < 1.29 is 4.79 Å². The number of hydrogen-bond acceptors (Lipinski definition) is 3. The number of rotatable bonds is 3. The summed E-state index contributed by atoms with van der Waals surface area (Å²) in [4.78, 5) is 20.0. The molecule has 1 amide bonds. The third-order valence-electron chi connectivity index (χ3n) is 2.45. The summed E-state index contributed by atoms with van der Waals surface area (Å²) >= 11 is 9.11. The summed E-state index contributed by atoms with van der Waals surface area (Å²) in [5.41, 5.74) is 0.533. The van der Waals surface area contributed by atoms with Gasteiger partial charge in [0.1, 0.15) is 10.8 Å². The number of amides is 1. The van der Waals surface area contributed by atoms with Crippen molar-refractivity contribution in [2.75, 3.05) is 5.32 Å². The summed E-state index contributed by atoms with van der Waals surface area (Å²) in [5, 5.41) is 2.90. The summed E-state index contributed by atoms with van der Waals surface area (Å²) in [6, 6.07) is 3.47. The zero-order valence-electron chi connectivity index (χ0n) is 10.4. The van der Waals surface area contributed by atoms with Crippen molar-refractivity contribution in [1.29, 1.82) is 0 Å². The van der Waals surface area contributed by atoms with Crippen LogP contribution < -0.4 is 5.32 Å². The van der Waals surface area contributed by atoms with Gasteiger partial charge < -0.3 is 4.57 Å². The van der Waals surface area contributed by atoms with E-state index in [2.05, 4.69) is 31.2 Å². The summed E-state index contributed by atoms with van der Waals surface area (Å²) in [7, 11) is 0. The van der Waals surface area contributed by atoms with Crippen LogP contribution in [-0.2, 0) is 0 Å². The molecule has 0 aliphatic heterocycles. The largest absolute Gasteiger partial charge is 0.340 e. The Morgan fingerprint density at radius 1 is 1.53 bits per heavy atom. The monoisotopic (exact) mass is 342 g/mol. The van der Waals surface area contributed by atoms with E-state index in [0.717, 1.165) is 4.47 Å². The lowest BCUT2D eigenvalue weighted by Crippen LogP contribution is -2.19. The quantitative estimate of drug-likeness (QED) is 0.867. The Bertz CT molecular complexity index is 612. The van der Waals surface area contributed by atoms with Crippen molar-refractivity contribution in [3.63, 3.8) is 0 Å². The minimum absolute atomic E-state index is 0.173. The van der Waals surface area contributed by atoms with Crippen molar-refractivity contribution in [3.8, 4) is 0 Å². The molecule has 7 heteroatoms. The van der Waals surface area contributed by atoms with Crippen LogP contribution in [0, 0.1) is 0 Å². The molecule has 0 saturated carbocycles. The van der Waals surface area contributed by atoms with Crippen LogP contribution in [0.15, 0.2) is 29.0 Å². The van der Waals surface area contributed by atoms with E-state index in [4.69, 9.17) is 11.6 Å². The zero-order valence-corrected chi connectivity index (χ0v) is 12.7. The highest BCUT2D eigenvalue weighted by atomic mass is 79.9. The second-order valence-electron chi connectivity index (χ2n) is 4.20. The van der Waals surface area contributed by atoms with E-state index in [1.54, 1.807) is 12.1 Å². The molecule has 2 aromatic heterocycles. The van der Waals surface area contributed by atoms with Crippen LogP contribution in [0.25, 0.3) is 0 Å². The molecule has 0 unspecified atom stereocenters. The van der Waals surface area contributed by atoms with E-state index in [1.165, 1.54) is 6.20 Å². The van der Waals surface area contributed by atoms with E-state index >= 15 is 0 Å². The molecule has 1 N–H and O–H groups in total. The topological polar surface area (TPSA) is 59.8 Å². The van der Waals surface area contributed by atoms with Crippen LogP contribution >= 0.6 is 27.5 Å². The number of carbonyl (C=O) groups excluding carboxylic acids is 1. The lowest BCUT2D eigenvalue weighted by atomic mass is 10.3. The molecule has 100 valence electrons. The number of anilines is 1.